The van der Waals surface area contributed by atoms with Crippen molar-refractivity contribution in [2.24, 2.45) is 5.92 Å². The molecule has 1 fully saturated rings. The number of rotatable bonds is 5. The number of aliphatic hydroxyl groups excluding tert-OH is 1. The van der Waals surface area contributed by atoms with E-state index in [0.717, 1.165) is 25.7 Å². The Kier molecular flexibility index (Phi) is 5.25. The van der Waals surface area contributed by atoms with Crippen LogP contribution in [0.4, 0.5) is 0 Å². The van der Waals surface area contributed by atoms with Crippen molar-refractivity contribution in [2.75, 3.05) is 13.7 Å². The van der Waals surface area contributed by atoms with Crippen LogP contribution in [0.25, 0.3) is 0 Å². The summed E-state index contributed by atoms with van der Waals surface area (Å²) in [6.07, 6.45) is 3.99. The molecule has 1 atom stereocenters. The molecule has 1 saturated carbocycles. The Labute approximate surface area is 95.2 Å². The number of amides is 1. The number of esters is 1. The zero-order chi connectivity index (χ0) is 12.0. The number of hydrogen-bond acceptors (Lipinski definition) is 4. The molecule has 1 unspecified atom stereocenters. The number of ether oxygens (including phenoxy) is 1. The molecule has 2 N–H and O–H groups in total. The van der Waals surface area contributed by atoms with E-state index >= 15 is 0 Å². The van der Waals surface area contributed by atoms with Crippen molar-refractivity contribution in [2.45, 2.75) is 38.1 Å². The minimum atomic E-state index is -0.527. The van der Waals surface area contributed by atoms with E-state index in [-0.39, 0.29) is 24.9 Å². The first-order chi connectivity index (χ1) is 7.67. The van der Waals surface area contributed by atoms with Gasteiger partial charge in [-0.2, -0.15) is 0 Å². The first-order valence-corrected chi connectivity index (χ1v) is 5.65. The highest BCUT2D eigenvalue weighted by atomic mass is 16.5. The van der Waals surface area contributed by atoms with Gasteiger partial charge in [-0.15, -0.1) is 0 Å². The van der Waals surface area contributed by atoms with Gasteiger partial charge in [0.05, 0.1) is 26.2 Å². The van der Waals surface area contributed by atoms with Crippen molar-refractivity contribution in [3.63, 3.8) is 0 Å². The smallest absolute Gasteiger partial charge is 0.307 e. The van der Waals surface area contributed by atoms with Crippen molar-refractivity contribution in [1.29, 1.82) is 0 Å². The second-order valence-corrected chi connectivity index (χ2v) is 4.15. The molecule has 0 aromatic rings. The van der Waals surface area contributed by atoms with Gasteiger partial charge in [0.15, 0.2) is 0 Å². The average Bonchev–Trinajstić information content (AvgIpc) is 2.81. The number of carbonyl (C=O) groups is 2. The zero-order valence-corrected chi connectivity index (χ0v) is 9.57. The van der Waals surface area contributed by atoms with Crippen molar-refractivity contribution in [1.82, 2.24) is 5.32 Å². The summed E-state index contributed by atoms with van der Waals surface area (Å²) in [6.45, 7) is -0.243. The van der Waals surface area contributed by atoms with E-state index in [0.29, 0.717) is 0 Å². The molecule has 0 saturated heterocycles. The largest absolute Gasteiger partial charge is 0.469 e. The minimum absolute atomic E-state index is 0.0193. The zero-order valence-electron chi connectivity index (χ0n) is 9.57. The van der Waals surface area contributed by atoms with E-state index in [4.69, 9.17) is 5.11 Å². The number of aliphatic hydroxyl groups is 1. The topological polar surface area (TPSA) is 75.6 Å². The molecule has 1 aliphatic rings. The maximum atomic E-state index is 11.7. The van der Waals surface area contributed by atoms with Crippen LogP contribution in [0, 0.1) is 5.92 Å². The molecule has 0 bridgehead atoms. The maximum Gasteiger partial charge on any atom is 0.307 e. The van der Waals surface area contributed by atoms with Gasteiger partial charge in [-0.25, -0.2) is 0 Å². The summed E-state index contributed by atoms with van der Waals surface area (Å²) < 4.78 is 4.49. The van der Waals surface area contributed by atoms with E-state index in [1.807, 2.05) is 0 Å². The van der Waals surface area contributed by atoms with Crippen LogP contribution in [0.15, 0.2) is 0 Å². The average molecular weight is 229 g/mol. The highest BCUT2D eigenvalue weighted by Gasteiger charge is 2.25. The van der Waals surface area contributed by atoms with Gasteiger partial charge < -0.3 is 15.2 Å². The molecule has 16 heavy (non-hydrogen) atoms. The highest BCUT2D eigenvalue weighted by molar-refractivity contribution is 5.80. The second-order valence-electron chi connectivity index (χ2n) is 4.15. The lowest BCUT2D eigenvalue weighted by Crippen LogP contribution is -2.41. The lowest BCUT2D eigenvalue weighted by atomic mass is 10.1. The monoisotopic (exact) mass is 229 g/mol. The summed E-state index contributed by atoms with van der Waals surface area (Å²) in [5, 5.41) is 11.7. The summed E-state index contributed by atoms with van der Waals surface area (Å²) in [7, 11) is 1.29. The summed E-state index contributed by atoms with van der Waals surface area (Å²) in [4.78, 5) is 22.7. The molecule has 0 heterocycles. The quantitative estimate of drug-likeness (QED) is 0.661. The van der Waals surface area contributed by atoms with Gasteiger partial charge in [0, 0.05) is 5.92 Å². The van der Waals surface area contributed by atoms with Crippen molar-refractivity contribution >= 4 is 11.9 Å². The van der Waals surface area contributed by atoms with Gasteiger partial charge in [-0.1, -0.05) is 12.8 Å². The Bertz CT molecular complexity index is 248. The molecule has 0 spiro atoms. The highest BCUT2D eigenvalue weighted by Crippen LogP contribution is 2.24. The standard InChI is InChI=1S/C11H19NO4/c1-16-10(14)6-9(7-13)12-11(15)8-4-2-3-5-8/h8-9,13H,2-7H2,1H3,(H,12,15). The Balaban J connectivity index is 2.36. The molecule has 0 radical (unpaired) electrons. The van der Waals surface area contributed by atoms with E-state index in [9.17, 15) is 9.59 Å². The number of hydrogen-bond donors (Lipinski definition) is 2. The third-order valence-electron chi connectivity index (χ3n) is 2.93. The Hall–Kier alpha value is -1.10. The molecule has 5 nitrogen and oxygen atoms in total. The van der Waals surface area contributed by atoms with Crippen LogP contribution in [0.2, 0.25) is 0 Å². The van der Waals surface area contributed by atoms with Crippen LogP contribution < -0.4 is 5.32 Å². The van der Waals surface area contributed by atoms with Gasteiger partial charge in [0.2, 0.25) is 5.91 Å². The van der Waals surface area contributed by atoms with Crippen LogP contribution in [0.3, 0.4) is 0 Å². The maximum absolute atomic E-state index is 11.7. The van der Waals surface area contributed by atoms with Gasteiger partial charge in [0.25, 0.3) is 0 Å². The normalized spacial score (nSPS) is 18.1. The van der Waals surface area contributed by atoms with Crippen LogP contribution in [-0.2, 0) is 14.3 Å². The van der Waals surface area contributed by atoms with E-state index in [2.05, 4.69) is 10.1 Å². The molecular weight excluding hydrogens is 210 g/mol. The van der Waals surface area contributed by atoms with Gasteiger partial charge in [-0.3, -0.25) is 9.59 Å². The van der Waals surface area contributed by atoms with Crippen LogP contribution in [-0.4, -0.2) is 36.7 Å². The third-order valence-corrected chi connectivity index (χ3v) is 2.93. The summed E-state index contributed by atoms with van der Waals surface area (Å²) >= 11 is 0. The molecule has 0 aliphatic heterocycles. The van der Waals surface area contributed by atoms with E-state index in [1.165, 1.54) is 7.11 Å². The molecular formula is C11H19NO4. The minimum Gasteiger partial charge on any atom is -0.469 e. The Morgan fingerprint density at radius 2 is 2.06 bits per heavy atom. The number of carbonyl (C=O) groups excluding carboxylic acids is 2. The van der Waals surface area contributed by atoms with Crippen molar-refractivity contribution < 1.29 is 19.4 Å². The van der Waals surface area contributed by atoms with Crippen LogP contribution in [0.5, 0.6) is 0 Å². The van der Waals surface area contributed by atoms with Gasteiger partial charge >= 0.3 is 5.97 Å². The summed E-state index contributed by atoms with van der Waals surface area (Å²) in [6, 6.07) is -0.527. The summed E-state index contributed by atoms with van der Waals surface area (Å²) in [5.74, 6) is -0.432. The van der Waals surface area contributed by atoms with Crippen molar-refractivity contribution in [3.8, 4) is 0 Å². The first-order valence-electron chi connectivity index (χ1n) is 5.65. The molecule has 92 valence electrons. The van der Waals surface area contributed by atoms with Crippen LogP contribution in [0.1, 0.15) is 32.1 Å². The van der Waals surface area contributed by atoms with E-state index in [1.54, 1.807) is 0 Å². The van der Waals surface area contributed by atoms with Crippen LogP contribution >= 0.6 is 0 Å². The number of methoxy groups -OCH3 is 1. The fourth-order valence-corrected chi connectivity index (χ4v) is 1.95. The van der Waals surface area contributed by atoms with Gasteiger partial charge in [-0.05, 0) is 12.8 Å². The molecule has 1 aliphatic carbocycles. The fraction of sp³-hybridized carbons (Fsp3) is 0.818. The second kappa shape index (κ2) is 6.48. The molecule has 1 amide bonds. The molecule has 5 heteroatoms. The Morgan fingerprint density at radius 3 is 2.56 bits per heavy atom. The lowest BCUT2D eigenvalue weighted by Gasteiger charge is -2.17. The van der Waals surface area contributed by atoms with Crippen molar-refractivity contribution in [3.05, 3.63) is 0 Å². The molecule has 0 aromatic carbocycles. The first kappa shape index (κ1) is 13.0. The predicted octanol–water partition coefficient (Wildman–Crippen LogP) is 0.217. The van der Waals surface area contributed by atoms with E-state index < -0.39 is 12.0 Å². The predicted molar refractivity (Wildman–Crippen MR) is 57.6 cm³/mol. The Morgan fingerprint density at radius 1 is 1.44 bits per heavy atom. The summed E-state index contributed by atoms with van der Waals surface area (Å²) in [5.41, 5.74) is 0. The number of nitrogens with one attached hydrogen (secondary N) is 1. The molecule has 1 rings (SSSR count). The van der Waals surface area contributed by atoms with Gasteiger partial charge in [0.1, 0.15) is 0 Å². The molecule has 0 aromatic heterocycles. The lowest BCUT2D eigenvalue weighted by molar-refractivity contribution is -0.141. The third kappa shape index (κ3) is 3.81. The fourth-order valence-electron chi connectivity index (χ4n) is 1.95. The SMILES string of the molecule is COC(=O)CC(CO)NC(=O)C1CCCC1.